The molecular formula is C33H57N3O4. The molecule has 0 fully saturated rings. The largest absolute Gasteiger partial charge is 0.444 e. The van der Waals surface area contributed by atoms with Crippen molar-refractivity contribution in [3.63, 3.8) is 0 Å². The molecule has 0 spiro atoms. The lowest BCUT2D eigenvalue weighted by molar-refractivity contribution is -0.143. The van der Waals surface area contributed by atoms with Gasteiger partial charge in [0.2, 0.25) is 11.8 Å². The normalized spacial score (nSPS) is 13.9. The van der Waals surface area contributed by atoms with Gasteiger partial charge in [-0.05, 0) is 71.4 Å². The number of amides is 3. The van der Waals surface area contributed by atoms with E-state index in [-0.39, 0.29) is 23.8 Å². The summed E-state index contributed by atoms with van der Waals surface area (Å²) in [5.74, 6) is -0.654. The maximum absolute atomic E-state index is 14.3. The molecule has 40 heavy (non-hydrogen) atoms. The third-order valence-electron chi connectivity index (χ3n) is 7.03. The summed E-state index contributed by atoms with van der Waals surface area (Å²) in [5.41, 5.74) is 2.18. The molecule has 2 N–H and O–H groups in total. The van der Waals surface area contributed by atoms with Gasteiger partial charge in [0.1, 0.15) is 17.7 Å². The summed E-state index contributed by atoms with van der Waals surface area (Å²) in [5, 5.41) is 5.99. The van der Waals surface area contributed by atoms with Gasteiger partial charge in [0, 0.05) is 12.6 Å². The molecule has 1 aromatic carbocycles. The molecule has 0 aliphatic carbocycles. The van der Waals surface area contributed by atoms with E-state index in [4.69, 9.17) is 4.74 Å². The van der Waals surface area contributed by atoms with E-state index in [1.165, 1.54) is 12.8 Å². The monoisotopic (exact) mass is 559 g/mol. The van der Waals surface area contributed by atoms with Crippen LogP contribution in [0.3, 0.4) is 0 Å². The van der Waals surface area contributed by atoms with Crippen molar-refractivity contribution in [1.29, 1.82) is 0 Å². The maximum Gasteiger partial charge on any atom is 0.408 e. The molecule has 0 bridgehead atoms. The van der Waals surface area contributed by atoms with Gasteiger partial charge in [-0.1, -0.05) is 90.0 Å². The lowest BCUT2D eigenvalue weighted by Gasteiger charge is -2.36. The van der Waals surface area contributed by atoms with Crippen molar-refractivity contribution in [2.24, 2.45) is 5.92 Å². The first kappa shape index (κ1) is 35.5. The molecule has 0 saturated heterocycles. The molecule has 3 unspecified atom stereocenters. The number of alkyl carbamates (subject to hydrolysis) is 1. The highest BCUT2D eigenvalue weighted by Crippen LogP contribution is 2.28. The van der Waals surface area contributed by atoms with Crippen molar-refractivity contribution in [3.8, 4) is 0 Å². The van der Waals surface area contributed by atoms with E-state index in [0.29, 0.717) is 6.54 Å². The van der Waals surface area contributed by atoms with Crippen molar-refractivity contribution in [2.75, 3.05) is 6.54 Å². The standard InChI is InChI=1S/C33H57N3O4/c1-11-13-14-15-16-17-21-36(31(38)28(23(3)4)35-32(39)40-33(8,9)10)29(30(37)34-26(7)18-12-2)27-20-19-24(5)22-25(27)6/h19-20,22-23,26,28-29H,11-18,21H2,1-10H3,(H,34,37)(H,35,39). The molecule has 0 saturated carbocycles. The van der Waals surface area contributed by atoms with E-state index in [0.717, 1.165) is 55.2 Å². The number of benzene rings is 1. The fourth-order valence-corrected chi connectivity index (χ4v) is 4.97. The molecule has 1 aromatic rings. The molecule has 7 nitrogen and oxygen atoms in total. The fourth-order valence-electron chi connectivity index (χ4n) is 4.97. The number of nitrogens with one attached hydrogen (secondary N) is 2. The number of carbonyl (C=O) groups is 3. The van der Waals surface area contributed by atoms with E-state index in [1.54, 1.807) is 25.7 Å². The summed E-state index contributed by atoms with van der Waals surface area (Å²) in [4.78, 5) is 42.8. The Bertz CT molecular complexity index is 938. The first-order valence-corrected chi connectivity index (χ1v) is 15.4. The second-order valence-corrected chi connectivity index (χ2v) is 12.6. The third kappa shape index (κ3) is 12.3. The first-order chi connectivity index (χ1) is 18.7. The van der Waals surface area contributed by atoms with Crippen molar-refractivity contribution in [2.45, 2.75) is 144 Å². The lowest BCUT2D eigenvalue weighted by atomic mass is 9.94. The van der Waals surface area contributed by atoms with Crippen LogP contribution in [-0.2, 0) is 14.3 Å². The van der Waals surface area contributed by atoms with Gasteiger partial charge in [0.25, 0.3) is 0 Å². The zero-order valence-electron chi connectivity index (χ0n) is 27.0. The Morgan fingerprint density at radius 2 is 1.52 bits per heavy atom. The zero-order valence-corrected chi connectivity index (χ0v) is 27.0. The van der Waals surface area contributed by atoms with E-state index in [9.17, 15) is 14.4 Å². The predicted octanol–water partition coefficient (Wildman–Crippen LogP) is 7.39. The van der Waals surface area contributed by atoms with Gasteiger partial charge < -0.3 is 20.3 Å². The maximum atomic E-state index is 14.3. The molecule has 0 aliphatic heterocycles. The van der Waals surface area contributed by atoms with Gasteiger partial charge >= 0.3 is 6.09 Å². The van der Waals surface area contributed by atoms with Gasteiger partial charge in [-0.25, -0.2) is 4.79 Å². The zero-order chi connectivity index (χ0) is 30.5. The summed E-state index contributed by atoms with van der Waals surface area (Å²) in [6.07, 6.45) is 7.54. The van der Waals surface area contributed by atoms with Crippen molar-refractivity contribution >= 4 is 17.9 Å². The Kier molecular flexibility index (Phi) is 15.3. The molecule has 0 radical (unpaired) electrons. The highest BCUT2D eigenvalue weighted by atomic mass is 16.6. The van der Waals surface area contributed by atoms with Gasteiger partial charge in [-0.15, -0.1) is 0 Å². The second kappa shape index (κ2) is 17.3. The number of aryl methyl sites for hydroxylation is 2. The van der Waals surface area contributed by atoms with Crippen LogP contribution >= 0.6 is 0 Å². The van der Waals surface area contributed by atoms with Crippen molar-refractivity contribution < 1.29 is 19.1 Å². The quantitative estimate of drug-likeness (QED) is 0.207. The molecule has 0 aliphatic rings. The Hall–Kier alpha value is -2.57. The van der Waals surface area contributed by atoms with Crippen LogP contribution in [-0.4, -0.2) is 47.0 Å². The number of hydrogen-bond acceptors (Lipinski definition) is 4. The van der Waals surface area contributed by atoms with Crippen LogP contribution in [0.25, 0.3) is 0 Å². The fraction of sp³-hybridized carbons (Fsp3) is 0.727. The molecule has 0 heterocycles. The van der Waals surface area contributed by atoms with Crippen LogP contribution in [0.1, 0.15) is 129 Å². The van der Waals surface area contributed by atoms with E-state index in [1.807, 2.05) is 46.8 Å². The molecular weight excluding hydrogens is 502 g/mol. The van der Waals surface area contributed by atoms with Crippen LogP contribution in [0.2, 0.25) is 0 Å². The van der Waals surface area contributed by atoms with Gasteiger partial charge in [-0.3, -0.25) is 9.59 Å². The van der Waals surface area contributed by atoms with E-state index >= 15 is 0 Å². The van der Waals surface area contributed by atoms with Crippen molar-refractivity contribution in [3.05, 3.63) is 34.9 Å². The Labute approximate surface area is 244 Å². The van der Waals surface area contributed by atoms with Gasteiger partial charge in [0.05, 0.1) is 0 Å². The van der Waals surface area contributed by atoms with Gasteiger partial charge in [0.15, 0.2) is 0 Å². The molecule has 1 rings (SSSR count). The van der Waals surface area contributed by atoms with Crippen LogP contribution in [0.5, 0.6) is 0 Å². The first-order valence-electron chi connectivity index (χ1n) is 15.4. The highest BCUT2D eigenvalue weighted by Gasteiger charge is 2.38. The van der Waals surface area contributed by atoms with Crippen LogP contribution in [0.15, 0.2) is 18.2 Å². The van der Waals surface area contributed by atoms with E-state index in [2.05, 4.69) is 30.5 Å². The number of unbranched alkanes of at least 4 members (excludes halogenated alkanes) is 5. The summed E-state index contributed by atoms with van der Waals surface area (Å²) in [6, 6.07) is 4.36. The molecule has 3 atom stereocenters. The minimum absolute atomic E-state index is 0.0162. The minimum Gasteiger partial charge on any atom is -0.444 e. The average Bonchev–Trinajstić information content (AvgIpc) is 2.83. The topological polar surface area (TPSA) is 87.7 Å². The Morgan fingerprint density at radius 1 is 0.900 bits per heavy atom. The average molecular weight is 560 g/mol. The lowest BCUT2D eigenvalue weighted by Crippen LogP contribution is -2.55. The number of carbonyl (C=O) groups excluding carboxylic acids is 3. The minimum atomic E-state index is -0.830. The number of ether oxygens (including phenoxy) is 1. The third-order valence-corrected chi connectivity index (χ3v) is 7.03. The van der Waals surface area contributed by atoms with Crippen LogP contribution < -0.4 is 10.6 Å². The SMILES string of the molecule is CCCCCCCCN(C(=O)C(NC(=O)OC(C)(C)C)C(C)C)C(C(=O)NC(C)CCC)c1ccc(C)cc1C. The number of nitrogens with zero attached hydrogens (tertiary/aromatic N) is 1. The summed E-state index contributed by atoms with van der Waals surface area (Å²) < 4.78 is 5.49. The van der Waals surface area contributed by atoms with E-state index < -0.39 is 23.8 Å². The number of hydrogen-bond donors (Lipinski definition) is 2. The molecule has 3 amide bonds. The van der Waals surface area contributed by atoms with Crippen LogP contribution in [0.4, 0.5) is 4.79 Å². The second-order valence-electron chi connectivity index (χ2n) is 12.6. The molecule has 0 aromatic heterocycles. The Balaban J connectivity index is 3.51. The van der Waals surface area contributed by atoms with Crippen molar-refractivity contribution in [1.82, 2.24) is 15.5 Å². The highest BCUT2D eigenvalue weighted by molar-refractivity contribution is 5.92. The summed E-state index contributed by atoms with van der Waals surface area (Å²) in [6.45, 7) is 19.9. The predicted molar refractivity (Wildman–Crippen MR) is 164 cm³/mol. The van der Waals surface area contributed by atoms with Crippen LogP contribution in [0, 0.1) is 19.8 Å². The summed E-state index contributed by atoms with van der Waals surface area (Å²) >= 11 is 0. The smallest absolute Gasteiger partial charge is 0.408 e. The molecule has 228 valence electrons. The molecule has 7 heteroatoms. The summed E-state index contributed by atoms with van der Waals surface area (Å²) in [7, 11) is 0. The number of rotatable bonds is 16. The van der Waals surface area contributed by atoms with Gasteiger partial charge in [-0.2, -0.15) is 0 Å². The Morgan fingerprint density at radius 3 is 2.08 bits per heavy atom.